The van der Waals surface area contributed by atoms with Crippen molar-refractivity contribution in [3.05, 3.63) is 40.3 Å². The zero-order valence-electron chi connectivity index (χ0n) is 11.5. The molecule has 1 aromatic carbocycles. The number of benzene rings is 1. The van der Waals surface area contributed by atoms with Crippen molar-refractivity contribution in [3.63, 3.8) is 0 Å². The summed E-state index contributed by atoms with van der Waals surface area (Å²) in [6.45, 7) is 0. The fourth-order valence-corrected chi connectivity index (χ4v) is 4.60. The van der Waals surface area contributed by atoms with Crippen molar-refractivity contribution in [3.8, 4) is 0 Å². The molecule has 0 radical (unpaired) electrons. The molecule has 1 unspecified atom stereocenters. The van der Waals surface area contributed by atoms with Crippen molar-refractivity contribution in [1.82, 2.24) is 0 Å². The van der Waals surface area contributed by atoms with Gasteiger partial charge in [-0.3, -0.25) is 4.31 Å². The molecule has 2 aliphatic rings. The van der Waals surface area contributed by atoms with Crippen LogP contribution in [0, 0.1) is 0 Å². The maximum absolute atomic E-state index is 13.2. The largest absolute Gasteiger partial charge is 0.418 e. The van der Waals surface area contributed by atoms with E-state index in [-0.39, 0.29) is 5.69 Å². The van der Waals surface area contributed by atoms with E-state index in [1.165, 1.54) is 18.2 Å². The van der Waals surface area contributed by atoms with Gasteiger partial charge in [-0.05, 0) is 43.4 Å². The monoisotopic (exact) mass is 333 g/mol. The van der Waals surface area contributed by atoms with Gasteiger partial charge in [0, 0.05) is 4.91 Å². The lowest BCUT2D eigenvalue weighted by molar-refractivity contribution is -0.265. The van der Waals surface area contributed by atoms with E-state index in [2.05, 4.69) is 4.89 Å². The maximum atomic E-state index is 13.2. The molecule has 1 aliphatic carbocycles. The van der Waals surface area contributed by atoms with E-state index >= 15 is 0 Å². The summed E-state index contributed by atoms with van der Waals surface area (Å²) in [7, 11) is -1.78. The summed E-state index contributed by atoms with van der Waals surface area (Å²) in [6, 6.07) is 4.88. The molecule has 1 N–H and O–H groups in total. The molecule has 1 aromatic rings. The average Bonchev–Trinajstić information content (AvgIpc) is 2.79. The van der Waals surface area contributed by atoms with Gasteiger partial charge < -0.3 is 0 Å². The number of hydrogen-bond acceptors (Lipinski definition) is 3. The zero-order chi connectivity index (χ0) is 15.9. The van der Waals surface area contributed by atoms with Crippen molar-refractivity contribution in [2.75, 3.05) is 4.31 Å². The van der Waals surface area contributed by atoms with Gasteiger partial charge in [-0.15, -0.1) is 0 Å². The molecule has 0 aromatic heterocycles. The number of anilines is 1. The van der Waals surface area contributed by atoms with E-state index in [0.717, 1.165) is 23.2 Å². The van der Waals surface area contributed by atoms with Gasteiger partial charge in [-0.25, -0.2) is 14.4 Å². The molecule has 0 fully saturated rings. The second kappa shape index (κ2) is 5.68. The van der Waals surface area contributed by atoms with Crippen LogP contribution in [0.1, 0.15) is 31.2 Å². The van der Waals surface area contributed by atoms with Crippen molar-refractivity contribution >= 4 is 16.7 Å². The third kappa shape index (κ3) is 2.45. The molecule has 120 valence electrons. The Kier molecular flexibility index (Phi) is 4.00. The third-order valence-corrected chi connectivity index (χ3v) is 5.54. The topological polar surface area (TPSA) is 49.8 Å². The SMILES string of the molecule is O=S1C2=C(CCCC2)[C@@H](OO)N1c1ccccc1C(F)(F)F. The minimum absolute atomic E-state index is 0.248. The number of rotatable bonds is 2. The molecule has 3 rings (SSSR count). The van der Waals surface area contributed by atoms with E-state index in [9.17, 15) is 17.4 Å². The van der Waals surface area contributed by atoms with E-state index in [4.69, 9.17) is 5.26 Å². The molecule has 0 amide bonds. The van der Waals surface area contributed by atoms with Gasteiger partial charge in [0.05, 0.1) is 11.3 Å². The first kappa shape index (κ1) is 15.5. The fraction of sp³-hybridized carbons (Fsp3) is 0.429. The van der Waals surface area contributed by atoms with Crippen LogP contribution in [-0.4, -0.2) is 15.7 Å². The second-order valence-electron chi connectivity index (χ2n) is 5.20. The Morgan fingerprint density at radius 2 is 1.91 bits per heavy atom. The second-order valence-corrected chi connectivity index (χ2v) is 6.59. The Hall–Kier alpha value is -1.38. The Morgan fingerprint density at radius 3 is 2.59 bits per heavy atom. The molecule has 2 atom stereocenters. The van der Waals surface area contributed by atoms with Crippen LogP contribution < -0.4 is 4.31 Å². The van der Waals surface area contributed by atoms with Crippen molar-refractivity contribution in [1.29, 1.82) is 0 Å². The van der Waals surface area contributed by atoms with Crippen LogP contribution in [0.3, 0.4) is 0 Å². The lowest BCUT2D eigenvalue weighted by Crippen LogP contribution is -2.35. The van der Waals surface area contributed by atoms with Crippen LogP contribution in [0.4, 0.5) is 18.9 Å². The first-order chi connectivity index (χ1) is 10.4. The number of nitrogens with zero attached hydrogens (tertiary/aromatic N) is 1. The summed E-state index contributed by atoms with van der Waals surface area (Å²) in [5.41, 5.74) is -0.518. The van der Waals surface area contributed by atoms with Gasteiger partial charge in [-0.2, -0.15) is 13.2 Å². The highest BCUT2D eigenvalue weighted by atomic mass is 32.2. The zero-order valence-corrected chi connectivity index (χ0v) is 12.3. The van der Waals surface area contributed by atoms with Crippen LogP contribution in [0.5, 0.6) is 0 Å². The Labute approximate surface area is 127 Å². The predicted octanol–water partition coefficient (Wildman–Crippen LogP) is 3.83. The first-order valence-corrected chi connectivity index (χ1v) is 7.95. The minimum Gasteiger partial charge on any atom is -0.253 e. The molecule has 0 saturated heterocycles. The fourth-order valence-electron chi connectivity index (χ4n) is 2.94. The molecule has 0 spiro atoms. The molecule has 1 heterocycles. The number of para-hydroxylation sites is 1. The molecule has 1 aliphatic heterocycles. The summed E-state index contributed by atoms with van der Waals surface area (Å²) in [5, 5.41) is 9.16. The van der Waals surface area contributed by atoms with Crippen LogP contribution >= 0.6 is 0 Å². The van der Waals surface area contributed by atoms with E-state index < -0.39 is 29.0 Å². The number of alkyl halides is 3. The van der Waals surface area contributed by atoms with E-state index in [1.807, 2.05) is 0 Å². The van der Waals surface area contributed by atoms with Gasteiger partial charge in [-0.1, -0.05) is 12.1 Å². The third-order valence-electron chi connectivity index (χ3n) is 3.91. The van der Waals surface area contributed by atoms with Gasteiger partial charge >= 0.3 is 6.18 Å². The van der Waals surface area contributed by atoms with Crippen LogP contribution in [0.25, 0.3) is 0 Å². The standard InChI is InChI=1S/C14H14F3NO3S/c15-14(16,17)10-6-2-3-7-11(10)18-13(21-19)9-5-1-4-8-12(9)22(18)20/h2-3,6-7,13,19H,1,4-5,8H2/t13-,22?/m1/s1. The molecule has 0 saturated carbocycles. The summed E-state index contributed by atoms with van der Waals surface area (Å²) < 4.78 is 53.2. The molecule has 8 heteroatoms. The van der Waals surface area contributed by atoms with Gasteiger partial charge in [0.2, 0.25) is 0 Å². The molecular formula is C14H14F3NO3S. The quantitative estimate of drug-likeness (QED) is 0.661. The van der Waals surface area contributed by atoms with Gasteiger partial charge in [0.25, 0.3) is 0 Å². The Morgan fingerprint density at radius 1 is 1.23 bits per heavy atom. The lowest BCUT2D eigenvalue weighted by atomic mass is 9.98. The van der Waals surface area contributed by atoms with Crippen LogP contribution in [-0.2, 0) is 22.0 Å². The molecule has 0 bridgehead atoms. The lowest BCUT2D eigenvalue weighted by Gasteiger charge is -2.26. The maximum Gasteiger partial charge on any atom is 0.418 e. The van der Waals surface area contributed by atoms with Crippen LogP contribution in [0.2, 0.25) is 0 Å². The van der Waals surface area contributed by atoms with Gasteiger partial charge in [0.1, 0.15) is 0 Å². The molecule has 4 nitrogen and oxygen atoms in total. The van der Waals surface area contributed by atoms with Crippen molar-refractivity contribution in [2.24, 2.45) is 0 Å². The van der Waals surface area contributed by atoms with Crippen molar-refractivity contribution < 1.29 is 27.5 Å². The molecular weight excluding hydrogens is 319 g/mol. The summed E-state index contributed by atoms with van der Waals surface area (Å²) >= 11 is 0. The Bertz CT molecular complexity index is 644. The smallest absolute Gasteiger partial charge is 0.253 e. The highest BCUT2D eigenvalue weighted by Crippen LogP contribution is 2.45. The average molecular weight is 333 g/mol. The van der Waals surface area contributed by atoms with E-state index in [1.54, 1.807) is 0 Å². The van der Waals surface area contributed by atoms with E-state index in [0.29, 0.717) is 23.3 Å². The highest BCUT2D eigenvalue weighted by Gasteiger charge is 2.44. The predicted molar refractivity (Wildman–Crippen MR) is 75.1 cm³/mol. The summed E-state index contributed by atoms with van der Waals surface area (Å²) in [5.74, 6) is 0. The summed E-state index contributed by atoms with van der Waals surface area (Å²) in [4.78, 5) is 4.96. The number of hydrogen-bond donors (Lipinski definition) is 1. The van der Waals surface area contributed by atoms with Crippen molar-refractivity contribution in [2.45, 2.75) is 38.1 Å². The normalized spacial score (nSPS) is 25.5. The van der Waals surface area contributed by atoms with Gasteiger partial charge in [0.15, 0.2) is 17.2 Å². The number of allylic oxidation sites excluding steroid dienone is 1. The highest BCUT2D eigenvalue weighted by molar-refractivity contribution is 7.90. The first-order valence-electron chi connectivity index (χ1n) is 6.84. The van der Waals surface area contributed by atoms with Crippen LogP contribution in [0.15, 0.2) is 34.7 Å². The molecule has 22 heavy (non-hydrogen) atoms. The Balaban J connectivity index is 2.08. The number of halogens is 3. The summed E-state index contributed by atoms with van der Waals surface area (Å²) in [6.07, 6.45) is -2.92. The minimum atomic E-state index is -4.58.